The third-order valence-corrected chi connectivity index (χ3v) is 2.56. The Balaban J connectivity index is 3.62. The Labute approximate surface area is 105 Å². The summed E-state index contributed by atoms with van der Waals surface area (Å²) in [6.45, 7) is 9.17. The summed E-state index contributed by atoms with van der Waals surface area (Å²) in [5.74, 6) is 1.40. The minimum Gasteiger partial charge on any atom is -0.382 e. The Hall–Kier alpha value is -0.810. The first kappa shape index (κ1) is 16.2. The number of rotatable bonds is 8. The van der Waals surface area contributed by atoms with Crippen LogP contribution in [0.2, 0.25) is 0 Å². The predicted molar refractivity (Wildman–Crippen MR) is 71.5 cm³/mol. The zero-order chi connectivity index (χ0) is 13.1. The van der Waals surface area contributed by atoms with E-state index < -0.39 is 0 Å². The van der Waals surface area contributed by atoms with Crippen LogP contribution in [0.5, 0.6) is 0 Å². The molecule has 1 unspecified atom stereocenters. The highest BCUT2D eigenvalue weighted by molar-refractivity contribution is 5.79. The van der Waals surface area contributed by atoms with Crippen molar-refractivity contribution in [2.75, 3.05) is 40.5 Å². The minimum atomic E-state index is 0.399. The van der Waals surface area contributed by atoms with Crippen LogP contribution in [-0.2, 0) is 9.47 Å². The van der Waals surface area contributed by atoms with Crippen LogP contribution in [0.1, 0.15) is 20.8 Å². The summed E-state index contributed by atoms with van der Waals surface area (Å²) in [6.07, 6.45) is 0. The first-order valence-corrected chi connectivity index (χ1v) is 6.15. The van der Waals surface area contributed by atoms with Crippen molar-refractivity contribution >= 4 is 5.96 Å². The van der Waals surface area contributed by atoms with Gasteiger partial charge >= 0.3 is 0 Å². The van der Waals surface area contributed by atoms with Crippen molar-refractivity contribution in [2.45, 2.75) is 26.8 Å². The maximum Gasteiger partial charge on any atom is 0.191 e. The van der Waals surface area contributed by atoms with Crippen LogP contribution in [0.25, 0.3) is 0 Å². The van der Waals surface area contributed by atoms with E-state index in [1.807, 2.05) is 0 Å². The largest absolute Gasteiger partial charge is 0.382 e. The van der Waals surface area contributed by atoms with Crippen molar-refractivity contribution in [3.05, 3.63) is 0 Å². The number of aliphatic imine (C=N–C) groups is 1. The van der Waals surface area contributed by atoms with Crippen LogP contribution >= 0.6 is 0 Å². The van der Waals surface area contributed by atoms with E-state index in [9.17, 15) is 0 Å². The topological polar surface area (TPSA) is 54.9 Å². The quantitative estimate of drug-likeness (QED) is 0.378. The molecule has 0 amide bonds. The van der Waals surface area contributed by atoms with Crippen molar-refractivity contribution in [3.8, 4) is 0 Å². The molecule has 0 radical (unpaired) electrons. The van der Waals surface area contributed by atoms with Crippen LogP contribution in [0.15, 0.2) is 4.99 Å². The zero-order valence-corrected chi connectivity index (χ0v) is 11.7. The molecule has 0 aromatic rings. The average Bonchev–Trinajstić information content (AvgIpc) is 2.31. The number of guanidine groups is 1. The van der Waals surface area contributed by atoms with Crippen LogP contribution in [0.4, 0.5) is 0 Å². The molecule has 0 spiro atoms. The van der Waals surface area contributed by atoms with Crippen molar-refractivity contribution in [2.24, 2.45) is 10.9 Å². The van der Waals surface area contributed by atoms with Gasteiger partial charge in [-0.25, -0.2) is 0 Å². The molecule has 5 heteroatoms. The fourth-order valence-corrected chi connectivity index (χ4v) is 1.06. The highest BCUT2D eigenvalue weighted by Gasteiger charge is 2.08. The van der Waals surface area contributed by atoms with Gasteiger partial charge in [-0.3, -0.25) is 4.99 Å². The lowest BCUT2D eigenvalue weighted by atomic mass is 10.1. The van der Waals surface area contributed by atoms with Crippen LogP contribution in [0.3, 0.4) is 0 Å². The minimum absolute atomic E-state index is 0.399. The Morgan fingerprint density at radius 1 is 1.18 bits per heavy atom. The summed E-state index contributed by atoms with van der Waals surface area (Å²) in [5, 5.41) is 6.53. The smallest absolute Gasteiger partial charge is 0.191 e. The fraction of sp³-hybridized carbons (Fsp3) is 0.917. The van der Waals surface area contributed by atoms with Gasteiger partial charge in [0.25, 0.3) is 0 Å². The molecule has 0 saturated carbocycles. The number of hydrogen-bond donors (Lipinski definition) is 2. The van der Waals surface area contributed by atoms with Crippen molar-refractivity contribution in [3.63, 3.8) is 0 Å². The molecule has 5 nitrogen and oxygen atoms in total. The summed E-state index contributed by atoms with van der Waals surface area (Å²) in [6, 6.07) is 0.399. The SMILES string of the molecule is CN=C(NCCOCCOC)NC(C)C(C)C. The van der Waals surface area contributed by atoms with E-state index >= 15 is 0 Å². The van der Waals surface area contributed by atoms with Crippen molar-refractivity contribution < 1.29 is 9.47 Å². The lowest BCUT2D eigenvalue weighted by Crippen LogP contribution is -2.45. The second kappa shape index (κ2) is 10.4. The number of hydrogen-bond acceptors (Lipinski definition) is 3. The molecule has 102 valence electrons. The molecule has 1 atom stereocenters. The molecule has 0 rings (SSSR count). The average molecular weight is 245 g/mol. The molecule has 0 aliphatic heterocycles. The Kier molecular flexibility index (Phi) is 9.86. The molecule has 0 aliphatic carbocycles. The molecule has 2 N–H and O–H groups in total. The molecule has 0 aromatic carbocycles. The molecule has 0 heterocycles. The standard InChI is InChI=1S/C12H27N3O2/c1-10(2)11(3)15-12(13-4)14-6-7-17-9-8-16-5/h10-11H,6-9H2,1-5H3,(H2,13,14,15). The van der Waals surface area contributed by atoms with Crippen molar-refractivity contribution in [1.29, 1.82) is 0 Å². The molecule has 0 aliphatic rings. The second-order valence-corrected chi connectivity index (χ2v) is 4.28. The molecule has 0 saturated heterocycles. The highest BCUT2D eigenvalue weighted by atomic mass is 16.5. The lowest BCUT2D eigenvalue weighted by Gasteiger charge is -2.20. The first-order valence-electron chi connectivity index (χ1n) is 6.15. The third kappa shape index (κ3) is 8.94. The number of methoxy groups -OCH3 is 1. The van der Waals surface area contributed by atoms with Crippen LogP contribution in [0, 0.1) is 5.92 Å². The summed E-state index contributed by atoms with van der Waals surface area (Å²) in [4.78, 5) is 4.16. The van der Waals surface area contributed by atoms with E-state index in [1.54, 1.807) is 14.2 Å². The maximum absolute atomic E-state index is 5.35. The number of ether oxygens (including phenoxy) is 2. The van der Waals surface area contributed by atoms with Gasteiger partial charge in [0.15, 0.2) is 5.96 Å². The fourth-order valence-electron chi connectivity index (χ4n) is 1.06. The van der Waals surface area contributed by atoms with Gasteiger partial charge in [-0.15, -0.1) is 0 Å². The van der Waals surface area contributed by atoms with Crippen molar-refractivity contribution in [1.82, 2.24) is 10.6 Å². The second-order valence-electron chi connectivity index (χ2n) is 4.28. The highest BCUT2D eigenvalue weighted by Crippen LogP contribution is 1.98. The Morgan fingerprint density at radius 2 is 1.88 bits per heavy atom. The number of nitrogens with one attached hydrogen (secondary N) is 2. The molecular formula is C12H27N3O2. The Morgan fingerprint density at radius 3 is 2.41 bits per heavy atom. The monoisotopic (exact) mass is 245 g/mol. The normalized spacial score (nSPS) is 13.9. The molecule has 0 bridgehead atoms. The van der Waals surface area contributed by atoms with Gasteiger partial charge in [0, 0.05) is 26.7 Å². The van der Waals surface area contributed by atoms with Crippen LogP contribution in [-0.4, -0.2) is 52.5 Å². The van der Waals surface area contributed by atoms with Crippen LogP contribution < -0.4 is 10.6 Å². The van der Waals surface area contributed by atoms with Gasteiger partial charge < -0.3 is 20.1 Å². The van der Waals surface area contributed by atoms with E-state index in [0.717, 1.165) is 12.5 Å². The molecule has 0 aromatic heterocycles. The van der Waals surface area contributed by atoms with Gasteiger partial charge in [-0.05, 0) is 12.8 Å². The van der Waals surface area contributed by atoms with E-state index in [1.165, 1.54) is 0 Å². The maximum atomic E-state index is 5.35. The number of nitrogens with zero attached hydrogens (tertiary/aromatic N) is 1. The third-order valence-electron chi connectivity index (χ3n) is 2.56. The molecular weight excluding hydrogens is 218 g/mol. The summed E-state index contributed by atoms with van der Waals surface area (Å²) < 4.78 is 10.2. The van der Waals surface area contributed by atoms with E-state index in [-0.39, 0.29) is 0 Å². The van der Waals surface area contributed by atoms with Gasteiger partial charge in [0.1, 0.15) is 0 Å². The van der Waals surface area contributed by atoms with E-state index in [2.05, 4.69) is 36.4 Å². The lowest BCUT2D eigenvalue weighted by molar-refractivity contribution is 0.0733. The molecule has 17 heavy (non-hydrogen) atoms. The zero-order valence-electron chi connectivity index (χ0n) is 11.7. The van der Waals surface area contributed by atoms with Gasteiger partial charge in [0.05, 0.1) is 19.8 Å². The van der Waals surface area contributed by atoms with E-state index in [0.29, 0.717) is 31.8 Å². The van der Waals surface area contributed by atoms with Gasteiger partial charge in [-0.1, -0.05) is 13.8 Å². The Bertz CT molecular complexity index is 208. The predicted octanol–water partition coefficient (Wildman–Crippen LogP) is 0.859. The van der Waals surface area contributed by atoms with Gasteiger partial charge in [0.2, 0.25) is 0 Å². The first-order chi connectivity index (χ1) is 8.11. The molecule has 0 fully saturated rings. The summed E-state index contributed by atoms with van der Waals surface area (Å²) in [5.41, 5.74) is 0. The van der Waals surface area contributed by atoms with E-state index in [4.69, 9.17) is 9.47 Å². The summed E-state index contributed by atoms with van der Waals surface area (Å²) >= 11 is 0. The summed E-state index contributed by atoms with van der Waals surface area (Å²) in [7, 11) is 3.44. The van der Waals surface area contributed by atoms with Gasteiger partial charge in [-0.2, -0.15) is 0 Å².